The molecule has 2 N–H and O–H groups in total. The van der Waals surface area contributed by atoms with E-state index in [-0.39, 0.29) is 6.03 Å². The summed E-state index contributed by atoms with van der Waals surface area (Å²) >= 11 is 0. The van der Waals surface area contributed by atoms with E-state index in [1.807, 2.05) is 6.92 Å². The molecule has 23 heavy (non-hydrogen) atoms. The van der Waals surface area contributed by atoms with Gasteiger partial charge in [0, 0.05) is 30.5 Å². The van der Waals surface area contributed by atoms with E-state index in [4.69, 9.17) is 4.74 Å². The van der Waals surface area contributed by atoms with Gasteiger partial charge >= 0.3 is 6.03 Å². The zero-order chi connectivity index (χ0) is 16.1. The first-order valence-corrected chi connectivity index (χ1v) is 8.73. The van der Waals surface area contributed by atoms with Gasteiger partial charge in [0.2, 0.25) is 0 Å². The van der Waals surface area contributed by atoms with Gasteiger partial charge < -0.3 is 20.3 Å². The van der Waals surface area contributed by atoms with E-state index in [1.54, 1.807) is 0 Å². The Hall–Kier alpha value is -1.75. The molecule has 3 rings (SSSR count). The first-order valence-electron chi connectivity index (χ1n) is 8.73. The number of carbonyl (C=O) groups is 1. The number of urea groups is 1. The number of aryl methyl sites for hydroxylation is 1. The summed E-state index contributed by atoms with van der Waals surface area (Å²) in [4.78, 5) is 14.6. The van der Waals surface area contributed by atoms with Gasteiger partial charge in [-0.1, -0.05) is 25.3 Å². The fourth-order valence-electron chi connectivity index (χ4n) is 3.35. The minimum absolute atomic E-state index is 0.0841. The van der Waals surface area contributed by atoms with Crippen LogP contribution in [0, 0.1) is 6.92 Å². The number of nitrogens with one attached hydrogen (secondary N) is 2. The molecule has 1 aliphatic carbocycles. The zero-order valence-electron chi connectivity index (χ0n) is 13.9. The fraction of sp³-hybridized carbons (Fsp3) is 0.611. The van der Waals surface area contributed by atoms with Gasteiger partial charge in [0.05, 0.1) is 13.2 Å². The lowest BCUT2D eigenvalue weighted by Gasteiger charge is -2.29. The van der Waals surface area contributed by atoms with Gasteiger partial charge in [-0.15, -0.1) is 0 Å². The molecule has 1 saturated heterocycles. The van der Waals surface area contributed by atoms with Crippen LogP contribution in [0.4, 0.5) is 16.2 Å². The molecule has 2 aliphatic rings. The molecule has 0 unspecified atom stereocenters. The van der Waals surface area contributed by atoms with Crippen molar-refractivity contribution < 1.29 is 9.53 Å². The lowest BCUT2D eigenvalue weighted by Crippen LogP contribution is -2.39. The highest BCUT2D eigenvalue weighted by Gasteiger charge is 2.17. The van der Waals surface area contributed by atoms with Crippen molar-refractivity contribution in [3.05, 3.63) is 23.8 Å². The van der Waals surface area contributed by atoms with E-state index in [0.29, 0.717) is 6.04 Å². The van der Waals surface area contributed by atoms with Gasteiger partial charge in [-0.3, -0.25) is 0 Å². The van der Waals surface area contributed by atoms with Crippen molar-refractivity contribution in [2.75, 3.05) is 36.5 Å². The topological polar surface area (TPSA) is 53.6 Å². The number of anilines is 2. The van der Waals surface area contributed by atoms with Crippen LogP contribution < -0.4 is 15.5 Å². The zero-order valence-corrected chi connectivity index (χ0v) is 13.9. The van der Waals surface area contributed by atoms with Crippen LogP contribution >= 0.6 is 0 Å². The standard InChI is InChI=1S/C18H27N3O2/c1-14-7-8-16(21-9-11-23-12-10-21)13-17(14)20-18(22)19-15-5-3-2-4-6-15/h7-8,13,15H,2-6,9-12H2,1H3,(H2,19,20,22). The summed E-state index contributed by atoms with van der Waals surface area (Å²) in [7, 11) is 0. The Labute approximate surface area is 138 Å². The maximum atomic E-state index is 12.3. The Morgan fingerprint density at radius 1 is 1.17 bits per heavy atom. The molecule has 1 heterocycles. The first-order chi connectivity index (χ1) is 11.2. The molecule has 0 spiro atoms. The van der Waals surface area contributed by atoms with Crippen molar-refractivity contribution in [3.8, 4) is 0 Å². The molecule has 5 heteroatoms. The molecule has 1 aromatic rings. The Bertz CT molecular complexity index is 535. The van der Waals surface area contributed by atoms with Gasteiger partial charge in [-0.2, -0.15) is 0 Å². The molecule has 0 bridgehead atoms. The molecule has 1 aliphatic heterocycles. The summed E-state index contributed by atoms with van der Waals surface area (Å²) < 4.78 is 5.40. The summed E-state index contributed by atoms with van der Waals surface area (Å²) in [5.41, 5.74) is 3.12. The number of carbonyl (C=O) groups excluding carboxylic acids is 1. The van der Waals surface area contributed by atoms with Gasteiger partial charge in [-0.05, 0) is 37.5 Å². The number of hydrogen-bond donors (Lipinski definition) is 2. The van der Waals surface area contributed by atoms with E-state index in [9.17, 15) is 4.79 Å². The molecule has 2 amide bonds. The normalized spacial score (nSPS) is 19.4. The predicted octanol–water partition coefficient (Wildman–Crippen LogP) is 3.29. The second-order valence-electron chi connectivity index (χ2n) is 6.53. The predicted molar refractivity (Wildman–Crippen MR) is 93.2 cm³/mol. The second-order valence-corrected chi connectivity index (χ2v) is 6.53. The molecule has 0 radical (unpaired) electrons. The minimum Gasteiger partial charge on any atom is -0.378 e. The Balaban J connectivity index is 1.62. The highest BCUT2D eigenvalue weighted by atomic mass is 16.5. The Kier molecular flexibility index (Phi) is 5.39. The minimum atomic E-state index is -0.0841. The van der Waals surface area contributed by atoms with E-state index >= 15 is 0 Å². The summed E-state index contributed by atoms with van der Waals surface area (Å²) in [6.45, 7) is 5.35. The SMILES string of the molecule is Cc1ccc(N2CCOCC2)cc1NC(=O)NC1CCCCC1. The van der Waals surface area contributed by atoms with Crippen molar-refractivity contribution in [3.63, 3.8) is 0 Å². The van der Waals surface area contributed by atoms with Crippen LogP contribution in [0.25, 0.3) is 0 Å². The smallest absolute Gasteiger partial charge is 0.319 e. The average molecular weight is 317 g/mol. The molecule has 1 saturated carbocycles. The van der Waals surface area contributed by atoms with E-state index in [2.05, 4.69) is 33.7 Å². The van der Waals surface area contributed by atoms with Gasteiger partial charge in [0.25, 0.3) is 0 Å². The van der Waals surface area contributed by atoms with Crippen LogP contribution in [-0.2, 0) is 4.74 Å². The van der Waals surface area contributed by atoms with Crippen LogP contribution in [0.15, 0.2) is 18.2 Å². The Morgan fingerprint density at radius 2 is 1.91 bits per heavy atom. The number of morpholine rings is 1. The molecule has 126 valence electrons. The van der Waals surface area contributed by atoms with Crippen LogP contribution in [-0.4, -0.2) is 38.4 Å². The number of benzene rings is 1. The lowest BCUT2D eigenvalue weighted by atomic mass is 9.96. The molecular weight excluding hydrogens is 290 g/mol. The summed E-state index contributed by atoms with van der Waals surface area (Å²) in [6, 6.07) is 6.50. The van der Waals surface area contributed by atoms with Gasteiger partial charge in [-0.25, -0.2) is 4.79 Å². The van der Waals surface area contributed by atoms with Crippen molar-refractivity contribution >= 4 is 17.4 Å². The average Bonchev–Trinajstić information content (AvgIpc) is 2.58. The number of hydrogen-bond acceptors (Lipinski definition) is 3. The quantitative estimate of drug-likeness (QED) is 0.899. The molecule has 2 fully saturated rings. The molecule has 5 nitrogen and oxygen atoms in total. The Morgan fingerprint density at radius 3 is 2.65 bits per heavy atom. The van der Waals surface area contributed by atoms with Crippen molar-refractivity contribution in [1.82, 2.24) is 5.32 Å². The summed E-state index contributed by atoms with van der Waals surface area (Å²) in [5.74, 6) is 0. The van der Waals surface area contributed by atoms with E-state index in [1.165, 1.54) is 19.3 Å². The number of nitrogens with zero attached hydrogens (tertiary/aromatic N) is 1. The third-order valence-electron chi connectivity index (χ3n) is 4.79. The van der Waals surface area contributed by atoms with E-state index in [0.717, 1.165) is 56.1 Å². The molecule has 0 aromatic heterocycles. The van der Waals surface area contributed by atoms with Gasteiger partial charge in [0.15, 0.2) is 0 Å². The van der Waals surface area contributed by atoms with Crippen LogP contribution in [0.1, 0.15) is 37.7 Å². The number of rotatable bonds is 3. The monoisotopic (exact) mass is 317 g/mol. The molecular formula is C18H27N3O2. The highest BCUT2D eigenvalue weighted by molar-refractivity contribution is 5.91. The lowest BCUT2D eigenvalue weighted by molar-refractivity contribution is 0.122. The van der Waals surface area contributed by atoms with Crippen molar-refractivity contribution in [2.45, 2.75) is 45.1 Å². The second kappa shape index (κ2) is 7.68. The third kappa shape index (κ3) is 4.38. The van der Waals surface area contributed by atoms with Gasteiger partial charge in [0.1, 0.15) is 0 Å². The highest BCUT2D eigenvalue weighted by Crippen LogP contribution is 2.24. The molecule has 1 aromatic carbocycles. The molecule has 0 atom stereocenters. The fourth-order valence-corrected chi connectivity index (χ4v) is 3.35. The number of amides is 2. The van der Waals surface area contributed by atoms with Crippen LogP contribution in [0.3, 0.4) is 0 Å². The first kappa shape index (κ1) is 16.1. The van der Waals surface area contributed by atoms with E-state index < -0.39 is 0 Å². The summed E-state index contributed by atoms with van der Waals surface area (Å²) in [5, 5.41) is 6.14. The largest absolute Gasteiger partial charge is 0.378 e. The van der Waals surface area contributed by atoms with Crippen LogP contribution in [0.5, 0.6) is 0 Å². The maximum Gasteiger partial charge on any atom is 0.319 e. The van der Waals surface area contributed by atoms with Crippen molar-refractivity contribution in [1.29, 1.82) is 0 Å². The third-order valence-corrected chi connectivity index (χ3v) is 4.79. The van der Waals surface area contributed by atoms with Crippen LogP contribution in [0.2, 0.25) is 0 Å². The van der Waals surface area contributed by atoms with Crippen molar-refractivity contribution in [2.24, 2.45) is 0 Å². The summed E-state index contributed by atoms with van der Waals surface area (Å²) in [6.07, 6.45) is 5.92. The number of ether oxygens (including phenoxy) is 1. The maximum absolute atomic E-state index is 12.3.